The summed E-state index contributed by atoms with van der Waals surface area (Å²) in [5.41, 5.74) is 2.91. The lowest BCUT2D eigenvalue weighted by Gasteiger charge is -2.18. The number of aromatic hydroxyl groups is 1. The van der Waals surface area contributed by atoms with E-state index in [4.69, 9.17) is 14.2 Å². The Kier molecular flexibility index (Phi) is 10.2. The maximum atomic E-state index is 10.1. The molecule has 0 radical (unpaired) electrons. The molecule has 2 aromatic carbocycles. The van der Waals surface area contributed by atoms with Gasteiger partial charge in [0, 0.05) is 30.6 Å². The molecule has 3 rings (SSSR count). The Morgan fingerprint density at radius 2 is 2.03 bits per heavy atom. The predicted octanol–water partition coefficient (Wildman–Crippen LogP) is 3.75. The Labute approximate surface area is 201 Å². The van der Waals surface area contributed by atoms with Gasteiger partial charge < -0.3 is 30.0 Å². The maximum absolute atomic E-state index is 10.1. The molecule has 170 valence electrons. The molecule has 1 saturated heterocycles. The van der Waals surface area contributed by atoms with Crippen LogP contribution in [0.15, 0.2) is 41.4 Å². The lowest BCUT2D eigenvalue weighted by atomic mass is 10.1. The standard InChI is InChI=1S/C23H31N3O4.HI/c1-4-24-23(26-14-18-12-19(28-3)7-8-21(18)27)25-13-17-6-5-16(2)11-22(17)30-20-9-10-29-15-20;/h5-8,11-12,20,27H,4,9-10,13-15H2,1-3H3,(H2,24,25,26);1H. The minimum absolute atomic E-state index is 0. The highest BCUT2D eigenvalue weighted by molar-refractivity contribution is 14.0. The first-order valence-corrected chi connectivity index (χ1v) is 10.3. The van der Waals surface area contributed by atoms with Gasteiger partial charge in [-0.05, 0) is 43.7 Å². The number of halogens is 1. The second-order valence-corrected chi connectivity index (χ2v) is 7.26. The first kappa shape index (κ1) is 25.1. The first-order valence-electron chi connectivity index (χ1n) is 10.3. The predicted molar refractivity (Wildman–Crippen MR) is 133 cm³/mol. The van der Waals surface area contributed by atoms with E-state index in [2.05, 4.69) is 40.7 Å². The van der Waals surface area contributed by atoms with Crippen LogP contribution in [0, 0.1) is 6.92 Å². The SMILES string of the molecule is CCNC(=NCc1cc(OC)ccc1O)NCc1ccc(C)cc1OC1CCOC1.I. The Hall–Kier alpha value is -2.20. The van der Waals surface area contributed by atoms with Gasteiger partial charge in [0.05, 0.1) is 26.9 Å². The fraction of sp³-hybridized carbons (Fsp3) is 0.435. The number of phenolic OH excluding ortho intramolecular Hbond substituents is 1. The molecule has 1 fully saturated rings. The number of nitrogens with one attached hydrogen (secondary N) is 2. The van der Waals surface area contributed by atoms with Gasteiger partial charge in [-0.2, -0.15) is 0 Å². The third-order valence-electron chi connectivity index (χ3n) is 4.89. The topological polar surface area (TPSA) is 84.3 Å². The van der Waals surface area contributed by atoms with Gasteiger partial charge in [0.1, 0.15) is 23.4 Å². The van der Waals surface area contributed by atoms with Crippen LogP contribution in [0.5, 0.6) is 17.2 Å². The zero-order valence-corrected chi connectivity index (χ0v) is 20.6. The molecule has 1 aliphatic heterocycles. The van der Waals surface area contributed by atoms with E-state index in [0.717, 1.165) is 36.4 Å². The molecule has 31 heavy (non-hydrogen) atoms. The molecule has 2 aromatic rings. The van der Waals surface area contributed by atoms with Crippen LogP contribution in [0.4, 0.5) is 0 Å². The van der Waals surface area contributed by atoms with Crippen molar-refractivity contribution in [2.45, 2.75) is 39.5 Å². The van der Waals surface area contributed by atoms with Crippen molar-refractivity contribution in [1.82, 2.24) is 10.6 Å². The number of nitrogens with zero attached hydrogens (tertiary/aromatic N) is 1. The van der Waals surface area contributed by atoms with Gasteiger partial charge in [0.15, 0.2) is 5.96 Å². The molecule has 8 heteroatoms. The van der Waals surface area contributed by atoms with Crippen LogP contribution in [0.25, 0.3) is 0 Å². The van der Waals surface area contributed by atoms with Gasteiger partial charge in [0.2, 0.25) is 0 Å². The number of ether oxygens (including phenoxy) is 3. The van der Waals surface area contributed by atoms with Gasteiger partial charge in [-0.3, -0.25) is 0 Å². The highest BCUT2D eigenvalue weighted by atomic mass is 127. The molecule has 1 aliphatic rings. The largest absolute Gasteiger partial charge is 0.508 e. The molecule has 0 amide bonds. The number of hydrogen-bond donors (Lipinski definition) is 3. The number of methoxy groups -OCH3 is 1. The summed E-state index contributed by atoms with van der Waals surface area (Å²) in [6.45, 7) is 7.08. The van der Waals surface area contributed by atoms with Crippen LogP contribution in [0.2, 0.25) is 0 Å². The van der Waals surface area contributed by atoms with Gasteiger partial charge in [0.25, 0.3) is 0 Å². The molecule has 0 aromatic heterocycles. The van der Waals surface area contributed by atoms with E-state index in [9.17, 15) is 5.11 Å². The fourth-order valence-electron chi connectivity index (χ4n) is 3.20. The van der Waals surface area contributed by atoms with Crippen molar-refractivity contribution >= 4 is 29.9 Å². The van der Waals surface area contributed by atoms with Gasteiger partial charge in [-0.15, -0.1) is 24.0 Å². The summed E-state index contributed by atoms with van der Waals surface area (Å²) in [7, 11) is 1.60. The molecule has 7 nitrogen and oxygen atoms in total. The molecular formula is C23H32IN3O4. The summed E-state index contributed by atoms with van der Waals surface area (Å²) >= 11 is 0. The molecule has 1 heterocycles. The summed E-state index contributed by atoms with van der Waals surface area (Å²) in [5, 5.41) is 16.7. The molecule has 1 atom stereocenters. The summed E-state index contributed by atoms with van der Waals surface area (Å²) in [6, 6.07) is 11.3. The van der Waals surface area contributed by atoms with E-state index in [1.54, 1.807) is 25.3 Å². The van der Waals surface area contributed by atoms with Crippen LogP contribution >= 0.6 is 24.0 Å². The molecule has 1 unspecified atom stereocenters. The number of guanidine groups is 1. The normalized spacial score (nSPS) is 15.8. The van der Waals surface area contributed by atoms with Crippen LogP contribution in [-0.4, -0.2) is 44.0 Å². The molecule has 3 N–H and O–H groups in total. The monoisotopic (exact) mass is 541 g/mol. The van der Waals surface area contributed by atoms with E-state index in [1.807, 2.05) is 6.92 Å². The Balaban J connectivity index is 0.00000341. The Morgan fingerprint density at radius 1 is 1.19 bits per heavy atom. The van der Waals surface area contributed by atoms with E-state index in [-0.39, 0.29) is 35.8 Å². The quantitative estimate of drug-likeness (QED) is 0.268. The van der Waals surface area contributed by atoms with E-state index >= 15 is 0 Å². The zero-order chi connectivity index (χ0) is 21.3. The summed E-state index contributed by atoms with van der Waals surface area (Å²) in [6.07, 6.45) is 1.01. The number of hydrogen-bond acceptors (Lipinski definition) is 5. The number of aliphatic imine (C=N–C) groups is 1. The van der Waals surface area contributed by atoms with Gasteiger partial charge in [-0.1, -0.05) is 12.1 Å². The van der Waals surface area contributed by atoms with Crippen molar-refractivity contribution in [1.29, 1.82) is 0 Å². The van der Waals surface area contributed by atoms with E-state index < -0.39 is 0 Å². The smallest absolute Gasteiger partial charge is 0.191 e. The second kappa shape index (κ2) is 12.6. The van der Waals surface area contributed by atoms with Crippen LogP contribution in [-0.2, 0) is 17.8 Å². The third kappa shape index (κ3) is 7.46. The van der Waals surface area contributed by atoms with Gasteiger partial charge in [-0.25, -0.2) is 4.99 Å². The Morgan fingerprint density at radius 3 is 2.74 bits per heavy atom. The molecular weight excluding hydrogens is 509 g/mol. The third-order valence-corrected chi connectivity index (χ3v) is 4.89. The molecule has 0 bridgehead atoms. The van der Waals surface area contributed by atoms with Gasteiger partial charge >= 0.3 is 0 Å². The molecule has 0 spiro atoms. The first-order chi connectivity index (χ1) is 14.6. The van der Waals surface area contributed by atoms with Crippen LogP contribution in [0.3, 0.4) is 0 Å². The average molecular weight is 541 g/mol. The van der Waals surface area contributed by atoms with Crippen LogP contribution in [0.1, 0.15) is 30.0 Å². The molecule has 0 aliphatic carbocycles. The van der Waals surface area contributed by atoms with Crippen molar-refractivity contribution in [3.63, 3.8) is 0 Å². The number of rotatable bonds is 8. The lowest BCUT2D eigenvalue weighted by Crippen LogP contribution is -2.37. The second-order valence-electron chi connectivity index (χ2n) is 7.26. The van der Waals surface area contributed by atoms with Crippen molar-refractivity contribution in [2.75, 3.05) is 26.9 Å². The number of benzene rings is 2. The number of aryl methyl sites for hydroxylation is 1. The van der Waals surface area contributed by atoms with E-state index in [0.29, 0.717) is 37.0 Å². The fourth-order valence-corrected chi connectivity index (χ4v) is 3.20. The van der Waals surface area contributed by atoms with Crippen molar-refractivity contribution in [3.8, 4) is 17.2 Å². The molecule has 0 saturated carbocycles. The van der Waals surface area contributed by atoms with E-state index in [1.165, 1.54) is 0 Å². The highest BCUT2D eigenvalue weighted by Crippen LogP contribution is 2.25. The lowest BCUT2D eigenvalue weighted by molar-refractivity contribution is 0.140. The zero-order valence-electron chi connectivity index (χ0n) is 18.3. The summed E-state index contributed by atoms with van der Waals surface area (Å²) < 4.78 is 16.8. The van der Waals surface area contributed by atoms with Crippen molar-refractivity contribution < 1.29 is 19.3 Å². The maximum Gasteiger partial charge on any atom is 0.191 e. The number of phenols is 1. The minimum Gasteiger partial charge on any atom is -0.508 e. The summed E-state index contributed by atoms with van der Waals surface area (Å²) in [5.74, 6) is 2.42. The average Bonchev–Trinajstić information content (AvgIpc) is 3.25. The highest BCUT2D eigenvalue weighted by Gasteiger charge is 2.18. The van der Waals surface area contributed by atoms with Crippen LogP contribution < -0.4 is 20.1 Å². The Bertz CT molecular complexity index is 870. The van der Waals surface area contributed by atoms with Crippen molar-refractivity contribution in [2.24, 2.45) is 4.99 Å². The minimum atomic E-state index is 0. The van der Waals surface area contributed by atoms with Crippen molar-refractivity contribution in [3.05, 3.63) is 53.1 Å². The summed E-state index contributed by atoms with van der Waals surface area (Å²) in [4.78, 5) is 4.60.